The van der Waals surface area contributed by atoms with E-state index in [0.717, 1.165) is 16.7 Å². The fourth-order valence-corrected chi connectivity index (χ4v) is 5.27. The Morgan fingerprint density at radius 1 is 0.914 bits per heavy atom. The van der Waals surface area contributed by atoms with E-state index in [-0.39, 0.29) is 23.1 Å². The first-order valence-electron chi connectivity index (χ1n) is 11.3. The SMILES string of the molecule is O=C(O)c1cccc(C2CC23C(=O)Nc2cc(F)c(-c4ccc(-c5ccccc5O)cc4)cc23)c1. The van der Waals surface area contributed by atoms with Gasteiger partial charge in [0.2, 0.25) is 5.91 Å². The topological polar surface area (TPSA) is 86.6 Å². The molecule has 1 aliphatic carbocycles. The second-order valence-corrected chi connectivity index (χ2v) is 9.08. The molecule has 6 heteroatoms. The Balaban J connectivity index is 1.38. The Morgan fingerprint density at radius 3 is 2.34 bits per heavy atom. The van der Waals surface area contributed by atoms with Gasteiger partial charge in [-0.1, -0.05) is 54.6 Å². The Hall–Kier alpha value is -4.45. The number of hydrogen-bond donors (Lipinski definition) is 3. The van der Waals surface area contributed by atoms with Crippen LogP contribution in [0.5, 0.6) is 5.75 Å². The third-order valence-corrected chi connectivity index (χ3v) is 7.15. The molecule has 35 heavy (non-hydrogen) atoms. The Bertz CT molecular complexity index is 1530. The normalized spacial score (nSPS) is 19.9. The van der Waals surface area contributed by atoms with Crippen LogP contribution < -0.4 is 5.32 Å². The third kappa shape index (κ3) is 3.21. The van der Waals surface area contributed by atoms with Crippen LogP contribution in [-0.4, -0.2) is 22.1 Å². The molecule has 5 nitrogen and oxygen atoms in total. The fraction of sp³-hybridized carbons (Fsp3) is 0.103. The summed E-state index contributed by atoms with van der Waals surface area (Å²) in [5, 5.41) is 22.3. The summed E-state index contributed by atoms with van der Waals surface area (Å²) in [5.74, 6) is -1.66. The Kier molecular flexibility index (Phi) is 4.54. The van der Waals surface area contributed by atoms with E-state index >= 15 is 4.39 Å². The predicted molar refractivity (Wildman–Crippen MR) is 130 cm³/mol. The number of benzene rings is 4. The van der Waals surface area contributed by atoms with Crippen molar-refractivity contribution in [2.24, 2.45) is 0 Å². The van der Waals surface area contributed by atoms with Crippen LogP contribution in [0, 0.1) is 5.82 Å². The van der Waals surface area contributed by atoms with Crippen LogP contribution in [0.3, 0.4) is 0 Å². The van der Waals surface area contributed by atoms with Crippen molar-refractivity contribution in [3.05, 3.63) is 107 Å². The molecule has 3 N–H and O–H groups in total. The zero-order chi connectivity index (χ0) is 24.3. The second-order valence-electron chi connectivity index (χ2n) is 9.08. The molecule has 1 heterocycles. The van der Waals surface area contributed by atoms with Crippen molar-refractivity contribution in [2.45, 2.75) is 17.8 Å². The first kappa shape index (κ1) is 21.1. The lowest BCUT2D eigenvalue weighted by Crippen LogP contribution is -2.21. The van der Waals surface area contributed by atoms with Gasteiger partial charge in [-0.3, -0.25) is 4.79 Å². The molecule has 1 spiro atoms. The number of aromatic hydroxyl groups is 1. The van der Waals surface area contributed by atoms with Crippen LogP contribution in [0.25, 0.3) is 22.3 Å². The zero-order valence-corrected chi connectivity index (χ0v) is 18.5. The van der Waals surface area contributed by atoms with Crippen molar-refractivity contribution < 1.29 is 24.2 Å². The van der Waals surface area contributed by atoms with Crippen LogP contribution in [0.2, 0.25) is 0 Å². The summed E-state index contributed by atoms with van der Waals surface area (Å²) < 4.78 is 15.1. The third-order valence-electron chi connectivity index (χ3n) is 7.15. The van der Waals surface area contributed by atoms with Gasteiger partial charge in [-0.15, -0.1) is 0 Å². The summed E-state index contributed by atoms with van der Waals surface area (Å²) >= 11 is 0. The lowest BCUT2D eigenvalue weighted by atomic mass is 9.89. The van der Waals surface area contributed by atoms with E-state index in [1.807, 2.05) is 30.3 Å². The predicted octanol–water partition coefficient (Wildman–Crippen LogP) is 5.94. The highest BCUT2D eigenvalue weighted by Gasteiger charge is 2.65. The maximum atomic E-state index is 15.1. The number of carboxylic acid groups (broad SMARTS) is 1. The van der Waals surface area contributed by atoms with Crippen LogP contribution in [0.4, 0.5) is 10.1 Å². The van der Waals surface area contributed by atoms with Gasteiger partial charge in [0.05, 0.1) is 11.0 Å². The van der Waals surface area contributed by atoms with Gasteiger partial charge in [-0.25, -0.2) is 9.18 Å². The molecule has 172 valence electrons. The zero-order valence-electron chi connectivity index (χ0n) is 18.5. The van der Waals surface area contributed by atoms with E-state index in [1.165, 1.54) is 12.1 Å². The number of amides is 1. The van der Waals surface area contributed by atoms with Gasteiger partial charge >= 0.3 is 5.97 Å². The number of rotatable bonds is 4. The van der Waals surface area contributed by atoms with E-state index in [0.29, 0.717) is 28.8 Å². The minimum atomic E-state index is -1.02. The number of aromatic carboxylic acids is 1. The van der Waals surface area contributed by atoms with Crippen molar-refractivity contribution >= 4 is 17.6 Å². The number of halogens is 1. The number of carbonyl (C=O) groups excluding carboxylic acids is 1. The highest BCUT2D eigenvalue weighted by atomic mass is 19.1. The molecule has 4 aromatic carbocycles. The lowest BCUT2D eigenvalue weighted by molar-refractivity contribution is -0.118. The van der Waals surface area contributed by atoms with E-state index in [4.69, 9.17) is 0 Å². The largest absolute Gasteiger partial charge is 0.507 e. The van der Waals surface area contributed by atoms with Crippen molar-refractivity contribution in [3.8, 4) is 28.0 Å². The maximum Gasteiger partial charge on any atom is 0.335 e. The monoisotopic (exact) mass is 465 g/mol. The molecule has 6 rings (SSSR count). The van der Waals surface area contributed by atoms with Crippen molar-refractivity contribution in [3.63, 3.8) is 0 Å². The molecule has 0 radical (unpaired) electrons. The van der Waals surface area contributed by atoms with E-state index in [9.17, 15) is 19.8 Å². The van der Waals surface area contributed by atoms with Crippen LogP contribution in [0.1, 0.15) is 33.8 Å². The van der Waals surface area contributed by atoms with E-state index < -0.39 is 17.2 Å². The van der Waals surface area contributed by atoms with Crippen molar-refractivity contribution in [1.82, 2.24) is 0 Å². The van der Waals surface area contributed by atoms with Crippen molar-refractivity contribution in [1.29, 1.82) is 0 Å². The van der Waals surface area contributed by atoms with Gasteiger partial charge in [0.15, 0.2) is 0 Å². The standard InChI is InChI=1S/C29H20FNO4/c30-24-14-25-22(13-21(24)17-10-8-16(9-11-17)20-6-1-2-7-26(20)32)29(28(35)31-25)15-23(29)18-4-3-5-19(12-18)27(33)34/h1-14,23,32H,15H2,(H,31,35)(H,33,34). The molecule has 2 unspecified atom stereocenters. The van der Waals surface area contributed by atoms with Gasteiger partial charge in [0.1, 0.15) is 11.6 Å². The molecule has 1 saturated carbocycles. The molecule has 4 aromatic rings. The summed E-state index contributed by atoms with van der Waals surface area (Å²) in [6.45, 7) is 0. The number of carboxylic acids is 1. The minimum absolute atomic E-state index is 0.169. The summed E-state index contributed by atoms with van der Waals surface area (Å²) in [5.41, 5.74) is 3.85. The van der Waals surface area contributed by atoms with Crippen LogP contribution in [-0.2, 0) is 10.2 Å². The Morgan fingerprint density at radius 2 is 1.63 bits per heavy atom. The molecular weight excluding hydrogens is 445 g/mol. The van der Waals surface area contributed by atoms with Crippen LogP contribution in [0.15, 0.2) is 84.9 Å². The number of hydrogen-bond acceptors (Lipinski definition) is 3. The first-order valence-corrected chi connectivity index (χ1v) is 11.3. The smallest absolute Gasteiger partial charge is 0.335 e. The minimum Gasteiger partial charge on any atom is -0.507 e. The van der Waals surface area contributed by atoms with E-state index in [2.05, 4.69) is 5.32 Å². The highest BCUT2D eigenvalue weighted by molar-refractivity contribution is 6.10. The highest BCUT2D eigenvalue weighted by Crippen LogP contribution is 2.65. The molecule has 0 aromatic heterocycles. The molecule has 2 atom stereocenters. The molecule has 2 aliphatic rings. The summed E-state index contributed by atoms with van der Waals surface area (Å²) in [4.78, 5) is 24.4. The number of carbonyl (C=O) groups is 2. The Labute approximate surface area is 200 Å². The molecule has 0 bridgehead atoms. The lowest BCUT2D eigenvalue weighted by Gasteiger charge is -2.12. The molecule has 0 saturated heterocycles. The fourth-order valence-electron chi connectivity index (χ4n) is 5.27. The van der Waals surface area contributed by atoms with Crippen LogP contribution >= 0.6 is 0 Å². The van der Waals surface area contributed by atoms with Gasteiger partial charge in [-0.05, 0) is 59.0 Å². The van der Waals surface area contributed by atoms with E-state index in [1.54, 1.807) is 42.5 Å². The number of phenolic OH excluding ortho intramolecular Hbond substituents is 1. The van der Waals surface area contributed by atoms with Crippen molar-refractivity contribution in [2.75, 3.05) is 5.32 Å². The summed E-state index contributed by atoms with van der Waals surface area (Å²) in [7, 11) is 0. The molecule has 1 amide bonds. The second kappa shape index (κ2) is 7.53. The average molecular weight is 465 g/mol. The number of anilines is 1. The summed E-state index contributed by atoms with van der Waals surface area (Å²) in [6.07, 6.45) is 0.534. The van der Waals surface area contributed by atoms with Gasteiger partial charge in [0, 0.05) is 22.7 Å². The van der Waals surface area contributed by atoms with Gasteiger partial charge in [-0.2, -0.15) is 0 Å². The maximum absolute atomic E-state index is 15.1. The number of fused-ring (bicyclic) bond motifs is 2. The summed E-state index contributed by atoms with van der Waals surface area (Å²) in [6, 6.07) is 24.0. The quantitative estimate of drug-likeness (QED) is 0.348. The number of phenols is 1. The molecule has 1 aliphatic heterocycles. The molecule has 1 fully saturated rings. The van der Waals surface area contributed by atoms with Gasteiger partial charge in [0.25, 0.3) is 0 Å². The number of nitrogens with one attached hydrogen (secondary N) is 1. The van der Waals surface area contributed by atoms with Gasteiger partial charge < -0.3 is 15.5 Å². The number of para-hydroxylation sites is 1. The average Bonchev–Trinajstić information content (AvgIpc) is 3.56. The first-order chi connectivity index (χ1) is 16.9. The molecular formula is C29H20FNO4.